The lowest BCUT2D eigenvalue weighted by molar-refractivity contribution is 0.0955. The molecule has 0 unspecified atom stereocenters. The molecule has 82 valence electrons. The fraction of sp³-hybridized carbons (Fsp3) is 0.545. The largest absolute Gasteiger partial charge is 0.351 e. The number of rotatable bonds is 3. The van der Waals surface area contributed by atoms with Gasteiger partial charge in [0.2, 0.25) is 0 Å². The highest BCUT2D eigenvalue weighted by molar-refractivity contribution is 9.09. The number of carbonyl (C=O) groups excluding carboxylic acids is 1. The van der Waals surface area contributed by atoms with Crippen molar-refractivity contribution in [2.24, 2.45) is 0 Å². The van der Waals surface area contributed by atoms with Gasteiger partial charge in [-0.1, -0.05) is 15.9 Å². The van der Waals surface area contributed by atoms with Crippen LogP contribution in [0.25, 0.3) is 0 Å². The van der Waals surface area contributed by atoms with Gasteiger partial charge in [0, 0.05) is 22.1 Å². The van der Waals surface area contributed by atoms with Crippen LogP contribution in [0.1, 0.15) is 33.6 Å². The minimum absolute atomic E-state index is 0.0915. The van der Waals surface area contributed by atoms with Crippen LogP contribution in [0.2, 0.25) is 0 Å². The molecule has 0 fully saturated rings. The second kappa shape index (κ2) is 5.12. The van der Waals surface area contributed by atoms with E-state index in [1.54, 1.807) is 11.3 Å². The lowest BCUT2D eigenvalue weighted by atomic mass is 9.96. The molecule has 2 rings (SSSR count). The summed E-state index contributed by atoms with van der Waals surface area (Å²) in [7, 11) is 0. The van der Waals surface area contributed by atoms with E-state index in [9.17, 15) is 4.79 Å². The normalized spacial score (nSPS) is 14.7. The van der Waals surface area contributed by atoms with Gasteiger partial charge in [-0.25, -0.2) is 0 Å². The number of halogens is 1. The Morgan fingerprint density at radius 1 is 1.47 bits per heavy atom. The molecule has 1 aliphatic rings. The number of amides is 1. The van der Waals surface area contributed by atoms with Crippen molar-refractivity contribution in [2.75, 3.05) is 11.9 Å². The third kappa shape index (κ3) is 2.42. The Morgan fingerprint density at radius 2 is 2.27 bits per heavy atom. The van der Waals surface area contributed by atoms with E-state index in [0.717, 1.165) is 23.7 Å². The lowest BCUT2D eigenvalue weighted by Crippen LogP contribution is -2.26. The molecule has 1 aromatic heterocycles. The molecule has 1 aliphatic carbocycles. The molecule has 0 radical (unpaired) electrons. The molecule has 1 N–H and O–H groups in total. The van der Waals surface area contributed by atoms with Crippen molar-refractivity contribution in [1.82, 2.24) is 5.32 Å². The molecule has 0 atom stereocenters. The maximum atomic E-state index is 11.8. The van der Waals surface area contributed by atoms with Gasteiger partial charge in [0.05, 0.1) is 5.56 Å². The summed E-state index contributed by atoms with van der Waals surface area (Å²) in [6.07, 6.45) is 4.74. The number of aryl methyl sites for hydroxylation is 1. The molecular formula is C11H14BrNOS. The fourth-order valence-corrected chi connectivity index (χ4v) is 3.26. The second-order valence-electron chi connectivity index (χ2n) is 3.70. The van der Waals surface area contributed by atoms with Gasteiger partial charge < -0.3 is 5.32 Å². The third-order valence-electron chi connectivity index (χ3n) is 2.69. The Kier molecular flexibility index (Phi) is 3.81. The third-order valence-corrected chi connectivity index (χ3v) is 4.17. The Hall–Kier alpha value is -0.350. The van der Waals surface area contributed by atoms with Gasteiger partial charge in [-0.05, 0) is 31.2 Å². The molecule has 15 heavy (non-hydrogen) atoms. The number of fused-ring (bicyclic) bond motifs is 1. The highest BCUT2D eigenvalue weighted by atomic mass is 79.9. The van der Waals surface area contributed by atoms with Crippen LogP contribution in [0, 0.1) is 0 Å². The molecule has 1 aromatic rings. The molecular weight excluding hydrogens is 274 g/mol. The monoisotopic (exact) mass is 287 g/mol. The molecule has 1 amide bonds. The summed E-state index contributed by atoms with van der Waals surface area (Å²) < 4.78 is 0. The van der Waals surface area contributed by atoms with Crippen LogP contribution in [0.3, 0.4) is 0 Å². The van der Waals surface area contributed by atoms with Crippen LogP contribution in [0.15, 0.2) is 5.38 Å². The average Bonchev–Trinajstić information content (AvgIpc) is 2.69. The summed E-state index contributed by atoms with van der Waals surface area (Å²) in [6.45, 7) is 0.698. The van der Waals surface area contributed by atoms with Gasteiger partial charge in [-0.15, -0.1) is 11.3 Å². The molecule has 0 saturated carbocycles. The van der Waals surface area contributed by atoms with E-state index in [1.807, 2.05) is 5.38 Å². The maximum absolute atomic E-state index is 11.8. The van der Waals surface area contributed by atoms with Gasteiger partial charge in [0.25, 0.3) is 5.91 Å². The zero-order valence-corrected chi connectivity index (χ0v) is 10.9. The molecule has 0 aromatic carbocycles. The van der Waals surface area contributed by atoms with Crippen molar-refractivity contribution in [3.63, 3.8) is 0 Å². The average molecular weight is 288 g/mol. The van der Waals surface area contributed by atoms with E-state index in [4.69, 9.17) is 0 Å². The van der Waals surface area contributed by atoms with E-state index in [0.29, 0.717) is 6.54 Å². The van der Waals surface area contributed by atoms with Crippen LogP contribution in [0.5, 0.6) is 0 Å². The molecule has 0 aliphatic heterocycles. The number of thiophene rings is 1. The first-order valence-electron chi connectivity index (χ1n) is 5.26. The second-order valence-corrected chi connectivity index (χ2v) is 5.46. The summed E-state index contributed by atoms with van der Waals surface area (Å²) in [5.74, 6) is 0.0915. The van der Waals surface area contributed by atoms with E-state index >= 15 is 0 Å². The standard InChI is InChI=1S/C11H14BrNOS/c12-5-6-13-11(14)9-7-15-10-4-2-1-3-8(9)10/h7H,1-6H2,(H,13,14). The first-order chi connectivity index (χ1) is 7.33. The van der Waals surface area contributed by atoms with Crippen molar-refractivity contribution < 1.29 is 4.79 Å². The Bertz CT molecular complexity index is 361. The van der Waals surface area contributed by atoms with Crippen LogP contribution in [-0.4, -0.2) is 17.8 Å². The van der Waals surface area contributed by atoms with Crippen molar-refractivity contribution in [3.05, 3.63) is 21.4 Å². The number of alkyl halides is 1. The highest BCUT2D eigenvalue weighted by Gasteiger charge is 2.19. The van der Waals surface area contributed by atoms with Crippen molar-refractivity contribution in [3.8, 4) is 0 Å². The van der Waals surface area contributed by atoms with E-state index in [-0.39, 0.29) is 5.91 Å². The maximum Gasteiger partial charge on any atom is 0.252 e. The van der Waals surface area contributed by atoms with Crippen molar-refractivity contribution in [1.29, 1.82) is 0 Å². The zero-order valence-electron chi connectivity index (χ0n) is 8.51. The highest BCUT2D eigenvalue weighted by Crippen LogP contribution is 2.29. The van der Waals surface area contributed by atoms with Gasteiger partial charge in [0.1, 0.15) is 0 Å². The van der Waals surface area contributed by atoms with E-state index in [1.165, 1.54) is 23.3 Å². The first kappa shape index (κ1) is 11.1. The number of hydrogen-bond donors (Lipinski definition) is 1. The molecule has 4 heteroatoms. The van der Waals surface area contributed by atoms with Crippen molar-refractivity contribution in [2.45, 2.75) is 25.7 Å². The van der Waals surface area contributed by atoms with Gasteiger partial charge >= 0.3 is 0 Å². The first-order valence-corrected chi connectivity index (χ1v) is 7.26. The van der Waals surface area contributed by atoms with Crippen LogP contribution in [-0.2, 0) is 12.8 Å². The van der Waals surface area contributed by atoms with Crippen LogP contribution in [0.4, 0.5) is 0 Å². The van der Waals surface area contributed by atoms with Crippen LogP contribution >= 0.6 is 27.3 Å². The summed E-state index contributed by atoms with van der Waals surface area (Å²) in [4.78, 5) is 13.2. The Labute approximate surface area is 102 Å². The zero-order chi connectivity index (χ0) is 10.7. The van der Waals surface area contributed by atoms with Gasteiger partial charge in [-0.2, -0.15) is 0 Å². The Morgan fingerprint density at radius 3 is 3.07 bits per heavy atom. The molecule has 0 bridgehead atoms. The quantitative estimate of drug-likeness (QED) is 0.851. The Balaban J connectivity index is 2.14. The van der Waals surface area contributed by atoms with Crippen molar-refractivity contribution >= 4 is 33.2 Å². The summed E-state index contributed by atoms with van der Waals surface area (Å²) in [5, 5.41) is 5.73. The number of nitrogens with one attached hydrogen (secondary N) is 1. The fourth-order valence-electron chi connectivity index (χ4n) is 1.94. The minimum Gasteiger partial charge on any atom is -0.351 e. The SMILES string of the molecule is O=C(NCCBr)c1csc2c1CCCC2. The predicted octanol–water partition coefficient (Wildman–Crippen LogP) is 2.75. The molecule has 2 nitrogen and oxygen atoms in total. The van der Waals surface area contributed by atoms with E-state index in [2.05, 4.69) is 21.2 Å². The summed E-state index contributed by atoms with van der Waals surface area (Å²) in [6, 6.07) is 0. The van der Waals surface area contributed by atoms with Gasteiger partial charge in [-0.3, -0.25) is 4.79 Å². The lowest BCUT2D eigenvalue weighted by Gasteiger charge is -2.12. The van der Waals surface area contributed by atoms with E-state index < -0.39 is 0 Å². The molecule has 0 saturated heterocycles. The molecule has 1 heterocycles. The molecule has 0 spiro atoms. The topological polar surface area (TPSA) is 29.1 Å². The minimum atomic E-state index is 0.0915. The summed E-state index contributed by atoms with van der Waals surface area (Å²) >= 11 is 5.05. The smallest absolute Gasteiger partial charge is 0.252 e. The van der Waals surface area contributed by atoms with Crippen LogP contribution < -0.4 is 5.32 Å². The number of carbonyl (C=O) groups is 1. The predicted molar refractivity (Wildman–Crippen MR) is 67.1 cm³/mol. The van der Waals surface area contributed by atoms with Gasteiger partial charge in [0.15, 0.2) is 0 Å². The number of hydrogen-bond acceptors (Lipinski definition) is 2. The summed E-state index contributed by atoms with van der Waals surface area (Å²) in [5.41, 5.74) is 2.22.